The van der Waals surface area contributed by atoms with Crippen molar-refractivity contribution in [2.75, 3.05) is 10.6 Å². The van der Waals surface area contributed by atoms with E-state index >= 15 is 0 Å². The molecule has 0 radical (unpaired) electrons. The third-order valence-corrected chi connectivity index (χ3v) is 6.73. The van der Waals surface area contributed by atoms with Gasteiger partial charge in [0.1, 0.15) is 0 Å². The minimum atomic E-state index is -0.326. The summed E-state index contributed by atoms with van der Waals surface area (Å²) in [6, 6.07) is 23.6. The van der Waals surface area contributed by atoms with Crippen LogP contribution in [0.4, 0.5) is 10.8 Å². The normalized spacial score (nSPS) is 10.5. The highest BCUT2D eigenvalue weighted by Crippen LogP contribution is 2.29. The number of rotatable bonds is 7. The molecule has 0 aliphatic carbocycles. The van der Waals surface area contributed by atoms with Gasteiger partial charge in [-0.3, -0.25) is 14.9 Å². The van der Waals surface area contributed by atoms with Crippen molar-refractivity contribution in [2.45, 2.75) is 10.1 Å². The van der Waals surface area contributed by atoms with E-state index in [9.17, 15) is 9.59 Å². The van der Waals surface area contributed by atoms with Crippen LogP contribution in [0, 0.1) is 0 Å². The SMILES string of the molecule is O=C(Nc1ccccc1)c1ccc(CSc2nnc(NC(=O)c3ccccc3Cl)s2)cc1. The lowest BCUT2D eigenvalue weighted by molar-refractivity contribution is 0.101. The fourth-order valence-electron chi connectivity index (χ4n) is 2.75. The zero-order valence-electron chi connectivity index (χ0n) is 16.6. The summed E-state index contributed by atoms with van der Waals surface area (Å²) in [5.74, 6) is 0.180. The molecule has 0 saturated carbocycles. The first-order chi connectivity index (χ1) is 15.6. The van der Waals surface area contributed by atoms with Gasteiger partial charge in [-0.1, -0.05) is 77.2 Å². The second kappa shape index (κ2) is 10.4. The molecule has 6 nitrogen and oxygen atoms in total. The topological polar surface area (TPSA) is 84.0 Å². The molecular weight excluding hydrogens is 464 g/mol. The Morgan fingerprint density at radius 1 is 0.844 bits per heavy atom. The molecule has 2 N–H and O–H groups in total. The lowest BCUT2D eigenvalue weighted by Crippen LogP contribution is -2.12. The monoisotopic (exact) mass is 480 g/mol. The Hall–Kier alpha value is -3.20. The van der Waals surface area contributed by atoms with Crippen molar-refractivity contribution in [1.82, 2.24) is 10.2 Å². The minimum absolute atomic E-state index is 0.154. The number of nitrogens with one attached hydrogen (secondary N) is 2. The quantitative estimate of drug-likeness (QED) is 0.251. The van der Waals surface area contributed by atoms with E-state index < -0.39 is 0 Å². The van der Waals surface area contributed by atoms with E-state index in [2.05, 4.69) is 20.8 Å². The number of anilines is 2. The van der Waals surface area contributed by atoms with E-state index in [0.29, 0.717) is 27.0 Å². The van der Waals surface area contributed by atoms with E-state index in [-0.39, 0.29) is 11.8 Å². The summed E-state index contributed by atoms with van der Waals surface area (Å²) in [5.41, 5.74) is 2.77. The standard InChI is InChI=1S/C23H17ClN4O2S2/c24-19-9-5-4-8-18(19)21(30)26-22-27-28-23(32-22)31-14-15-10-12-16(13-11-15)20(29)25-17-6-2-1-3-7-17/h1-13H,14H2,(H,25,29)(H,26,27,30). The summed E-state index contributed by atoms with van der Waals surface area (Å²) in [6.45, 7) is 0. The Morgan fingerprint density at radius 2 is 1.56 bits per heavy atom. The molecule has 0 aliphatic heterocycles. The number of para-hydroxylation sites is 1. The Bertz CT molecular complexity index is 1230. The third-order valence-electron chi connectivity index (χ3n) is 4.36. The molecule has 9 heteroatoms. The number of thioether (sulfide) groups is 1. The van der Waals surface area contributed by atoms with E-state index in [1.54, 1.807) is 36.4 Å². The highest BCUT2D eigenvalue weighted by atomic mass is 35.5. The number of nitrogens with zero attached hydrogens (tertiary/aromatic N) is 2. The van der Waals surface area contributed by atoms with Crippen molar-refractivity contribution >= 4 is 57.3 Å². The van der Waals surface area contributed by atoms with Crippen molar-refractivity contribution in [3.63, 3.8) is 0 Å². The Balaban J connectivity index is 1.30. The summed E-state index contributed by atoms with van der Waals surface area (Å²) in [4.78, 5) is 24.7. The summed E-state index contributed by atoms with van der Waals surface area (Å²) < 4.78 is 0.727. The molecule has 0 bridgehead atoms. The number of carbonyl (C=O) groups excluding carboxylic acids is 2. The van der Waals surface area contributed by atoms with Gasteiger partial charge >= 0.3 is 0 Å². The van der Waals surface area contributed by atoms with Crippen molar-refractivity contribution in [3.05, 3.63) is 101 Å². The maximum Gasteiger partial charge on any atom is 0.259 e. The summed E-state index contributed by atoms with van der Waals surface area (Å²) in [6.07, 6.45) is 0. The van der Waals surface area contributed by atoms with Crippen LogP contribution in [0.1, 0.15) is 26.3 Å². The average Bonchev–Trinajstić information content (AvgIpc) is 3.26. The van der Waals surface area contributed by atoms with Crippen molar-refractivity contribution in [3.8, 4) is 0 Å². The number of amides is 2. The number of halogens is 1. The van der Waals surface area contributed by atoms with Crippen LogP contribution in [0.15, 0.2) is 83.2 Å². The maximum atomic E-state index is 12.3. The predicted octanol–water partition coefficient (Wildman–Crippen LogP) is 5.99. The van der Waals surface area contributed by atoms with E-state index in [4.69, 9.17) is 11.6 Å². The zero-order valence-corrected chi connectivity index (χ0v) is 19.0. The third kappa shape index (κ3) is 5.73. The second-order valence-electron chi connectivity index (χ2n) is 6.61. The van der Waals surface area contributed by atoms with Crippen molar-refractivity contribution in [2.24, 2.45) is 0 Å². The van der Waals surface area contributed by atoms with Crippen LogP contribution < -0.4 is 10.6 Å². The van der Waals surface area contributed by atoms with Gasteiger partial charge in [-0.15, -0.1) is 10.2 Å². The molecule has 3 aromatic carbocycles. The molecule has 0 fully saturated rings. The van der Waals surface area contributed by atoms with Crippen LogP contribution in [0.2, 0.25) is 5.02 Å². The maximum absolute atomic E-state index is 12.3. The van der Waals surface area contributed by atoms with Gasteiger partial charge in [0.15, 0.2) is 4.34 Å². The van der Waals surface area contributed by atoms with E-state index in [1.165, 1.54) is 23.1 Å². The van der Waals surface area contributed by atoms with Gasteiger partial charge in [-0.05, 0) is 42.0 Å². The number of hydrogen-bond acceptors (Lipinski definition) is 6. The van der Waals surface area contributed by atoms with Gasteiger partial charge in [0.05, 0.1) is 10.6 Å². The molecule has 0 spiro atoms. The van der Waals surface area contributed by atoms with Crippen LogP contribution >= 0.6 is 34.7 Å². The van der Waals surface area contributed by atoms with Gasteiger partial charge in [-0.25, -0.2) is 0 Å². The number of benzene rings is 3. The Kier molecular flexibility index (Phi) is 7.16. The highest BCUT2D eigenvalue weighted by molar-refractivity contribution is 8.00. The average molecular weight is 481 g/mol. The summed E-state index contributed by atoms with van der Waals surface area (Å²) in [7, 11) is 0. The zero-order chi connectivity index (χ0) is 22.3. The van der Waals surface area contributed by atoms with Crippen LogP contribution in [0.25, 0.3) is 0 Å². The van der Waals surface area contributed by atoms with Gasteiger partial charge < -0.3 is 5.32 Å². The lowest BCUT2D eigenvalue weighted by atomic mass is 10.1. The van der Waals surface area contributed by atoms with Gasteiger partial charge in [-0.2, -0.15) is 0 Å². The number of hydrogen-bond donors (Lipinski definition) is 2. The van der Waals surface area contributed by atoms with Gasteiger partial charge in [0.2, 0.25) is 5.13 Å². The lowest BCUT2D eigenvalue weighted by Gasteiger charge is -2.06. The molecule has 0 atom stereocenters. The van der Waals surface area contributed by atoms with Crippen LogP contribution in [0.5, 0.6) is 0 Å². The first-order valence-electron chi connectivity index (χ1n) is 9.56. The van der Waals surface area contributed by atoms with E-state index in [0.717, 1.165) is 15.6 Å². The Labute approximate surface area is 198 Å². The minimum Gasteiger partial charge on any atom is -0.322 e. The van der Waals surface area contributed by atoms with Crippen molar-refractivity contribution < 1.29 is 9.59 Å². The largest absolute Gasteiger partial charge is 0.322 e. The van der Waals surface area contributed by atoms with Crippen LogP contribution in [-0.4, -0.2) is 22.0 Å². The van der Waals surface area contributed by atoms with Crippen LogP contribution in [0.3, 0.4) is 0 Å². The fraction of sp³-hybridized carbons (Fsp3) is 0.0435. The van der Waals surface area contributed by atoms with Crippen molar-refractivity contribution in [1.29, 1.82) is 0 Å². The molecule has 4 rings (SSSR count). The molecule has 32 heavy (non-hydrogen) atoms. The second-order valence-corrected chi connectivity index (χ2v) is 9.22. The fourth-order valence-corrected chi connectivity index (χ4v) is 4.68. The molecule has 1 aromatic heterocycles. The molecule has 4 aromatic rings. The first kappa shape index (κ1) is 22.0. The molecular formula is C23H17ClN4O2S2. The molecule has 0 aliphatic rings. The molecule has 2 amide bonds. The molecule has 160 valence electrons. The van der Waals surface area contributed by atoms with Gasteiger partial charge in [0.25, 0.3) is 11.8 Å². The smallest absolute Gasteiger partial charge is 0.259 e. The summed E-state index contributed by atoms with van der Waals surface area (Å²) in [5, 5.41) is 14.5. The molecule has 1 heterocycles. The highest BCUT2D eigenvalue weighted by Gasteiger charge is 2.13. The molecule has 0 unspecified atom stereocenters. The predicted molar refractivity (Wildman–Crippen MR) is 130 cm³/mol. The number of aromatic nitrogens is 2. The first-order valence-corrected chi connectivity index (χ1v) is 11.7. The van der Waals surface area contributed by atoms with Crippen LogP contribution in [-0.2, 0) is 5.75 Å². The molecule has 0 saturated heterocycles. The van der Waals surface area contributed by atoms with Gasteiger partial charge in [0, 0.05) is 17.0 Å². The summed E-state index contributed by atoms with van der Waals surface area (Å²) >= 11 is 8.85. The number of carbonyl (C=O) groups is 2. The van der Waals surface area contributed by atoms with E-state index in [1.807, 2.05) is 42.5 Å². The Morgan fingerprint density at radius 3 is 2.31 bits per heavy atom.